The van der Waals surface area contributed by atoms with Gasteiger partial charge in [-0.25, -0.2) is 0 Å². The van der Waals surface area contributed by atoms with Gasteiger partial charge in [-0.3, -0.25) is 28.1 Å². The highest BCUT2D eigenvalue weighted by atomic mass is 35.5. The van der Waals surface area contributed by atoms with E-state index in [1.807, 2.05) is 54.4 Å². The zero-order valence-corrected chi connectivity index (χ0v) is 34.2. The van der Waals surface area contributed by atoms with Crippen LogP contribution in [0.2, 0.25) is 5.15 Å². The molecule has 0 aliphatic carbocycles. The molecule has 0 spiro atoms. The Labute approximate surface area is 367 Å². The van der Waals surface area contributed by atoms with Gasteiger partial charge in [0.15, 0.2) is 28.2 Å². The van der Waals surface area contributed by atoms with Crippen LogP contribution in [0.3, 0.4) is 0 Å². The van der Waals surface area contributed by atoms with Gasteiger partial charge < -0.3 is 28.4 Å². The number of rotatable bonds is 6. The smallest absolute Gasteiger partial charge is 0.433 e. The minimum atomic E-state index is -4.38. The molecule has 0 aliphatic rings. The van der Waals surface area contributed by atoms with E-state index in [4.69, 9.17) is 35.3 Å². The highest BCUT2D eigenvalue weighted by Gasteiger charge is 2.35. The lowest BCUT2D eigenvalue weighted by Gasteiger charge is -2.04. The summed E-state index contributed by atoms with van der Waals surface area (Å²) in [6, 6.07) is 2.65. The van der Waals surface area contributed by atoms with Gasteiger partial charge in [0.2, 0.25) is 11.8 Å². The Balaban J connectivity index is -0.000000147. The van der Waals surface area contributed by atoms with E-state index in [-0.39, 0.29) is 50.4 Å². The van der Waals surface area contributed by atoms with Crippen molar-refractivity contribution in [2.24, 2.45) is 42.3 Å². The van der Waals surface area contributed by atoms with Gasteiger partial charge >= 0.3 is 6.18 Å². The molecule has 0 saturated carbocycles. The molecule has 6 rings (SSSR count). The summed E-state index contributed by atoms with van der Waals surface area (Å²) < 4.78 is 74.5. The molecule has 0 radical (unpaired) electrons. The van der Waals surface area contributed by atoms with Crippen LogP contribution in [0, 0.1) is 13.8 Å². The molecule has 0 atom stereocenters. The molecule has 0 bridgehead atoms. The minimum Gasteiger partial charge on any atom is -0.493 e. The Morgan fingerprint density at radius 3 is 1.28 bits per heavy atom. The summed E-state index contributed by atoms with van der Waals surface area (Å²) in [6.45, 7) is 3.88. The van der Waals surface area contributed by atoms with E-state index in [2.05, 4.69) is 35.3 Å². The second kappa shape index (κ2) is 32.9. The average Bonchev–Trinajstić information content (AvgIpc) is 4.00. The van der Waals surface area contributed by atoms with E-state index in [1.54, 1.807) is 96.9 Å². The maximum atomic E-state index is 12.1. The van der Waals surface area contributed by atoms with Crippen LogP contribution < -0.4 is 28.4 Å². The number of methoxy groups -OCH3 is 6. The molecule has 61 heavy (non-hydrogen) atoms. The van der Waals surface area contributed by atoms with Gasteiger partial charge in [-0.1, -0.05) is 56.2 Å². The summed E-state index contributed by atoms with van der Waals surface area (Å²) in [5.74, 6) is 3.72. The number of hydrogen-bond donors (Lipinski definition) is 0. The molecule has 0 aliphatic heterocycles. The van der Waals surface area contributed by atoms with Gasteiger partial charge in [-0.2, -0.15) is 33.6 Å². The lowest BCUT2D eigenvalue weighted by molar-refractivity contribution is -0.143. The number of ether oxygens (including phenoxy) is 6. The average molecular weight is 900 g/mol. The quantitative estimate of drug-likeness (QED) is 0.157. The molecule has 0 aromatic carbocycles. The van der Waals surface area contributed by atoms with E-state index in [0.29, 0.717) is 16.8 Å². The van der Waals surface area contributed by atoms with Crippen LogP contribution in [-0.2, 0) is 48.5 Å². The number of nitrogens with zero attached hydrogens (tertiary/aromatic N) is 12. The Hall–Kier alpha value is -5.86. The molecule has 0 N–H and O–H groups in total. The first-order chi connectivity index (χ1) is 25.8. The van der Waals surface area contributed by atoms with Crippen molar-refractivity contribution in [2.75, 3.05) is 42.7 Å². The van der Waals surface area contributed by atoms with Gasteiger partial charge in [-0.05, 0) is 13.8 Å². The number of aromatic nitrogens is 12. The summed E-state index contributed by atoms with van der Waals surface area (Å²) in [7, 11) is 19.8. The van der Waals surface area contributed by atoms with E-state index < -0.39 is 11.9 Å². The number of hydrogen-bond acceptors (Lipinski definition) is 12. The first kappa shape index (κ1) is 66.9. The Bertz CT molecular complexity index is 1880. The van der Waals surface area contributed by atoms with E-state index in [1.165, 1.54) is 14.2 Å². The third kappa shape index (κ3) is 23.5. The zero-order chi connectivity index (χ0) is 41.9. The normalized spacial score (nSPS) is 9.02. The third-order valence-corrected chi connectivity index (χ3v) is 7.01. The molecule has 6 heterocycles. The SMILES string of the molecule is C.C.C.C.C.C.COc1cc(C(F)(F)F)n(C)n1.COc1ccn(C)n1.COc1cn(C)nc1C.COc1cn(C)nc1Cl.COc1cnn(C)c1.COc1cnn(C)c1C. The van der Waals surface area contributed by atoms with Crippen molar-refractivity contribution < 1.29 is 41.6 Å². The molecule has 354 valence electrons. The highest BCUT2D eigenvalue weighted by molar-refractivity contribution is 6.30. The van der Waals surface area contributed by atoms with Crippen molar-refractivity contribution in [3.63, 3.8) is 0 Å². The molecule has 0 saturated heterocycles. The molecule has 22 heteroatoms. The summed E-state index contributed by atoms with van der Waals surface area (Å²) in [5.41, 5.74) is 1.16. The predicted octanol–water partition coefficient (Wildman–Crippen LogP) is 8.68. The first-order valence-corrected chi connectivity index (χ1v) is 16.2. The maximum Gasteiger partial charge on any atom is 0.433 e. The summed E-state index contributed by atoms with van der Waals surface area (Å²) in [4.78, 5) is 0. The van der Waals surface area contributed by atoms with Crippen LogP contribution in [-0.4, -0.2) is 101 Å². The lowest BCUT2D eigenvalue weighted by atomic mass is 10.4. The van der Waals surface area contributed by atoms with Gasteiger partial charge in [-0.15, -0.1) is 10.2 Å². The van der Waals surface area contributed by atoms with Gasteiger partial charge in [0.25, 0.3) is 0 Å². The molecule has 6 aromatic rings. The fourth-order valence-corrected chi connectivity index (χ4v) is 4.09. The summed E-state index contributed by atoms with van der Waals surface area (Å²) >= 11 is 5.59. The van der Waals surface area contributed by atoms with Crippen LogP contribution in [0.5, 0.6) is 34.8 Å². The monoisotopic (exact) mass is 899 g/mol. The van der Waals surface area contributed by atoms with E-state index in [0.717, 1.165) is 39.4 Å². The predicted molar refractivity (Wildman–Crippen MR) is 238 cm³/mol. The topological polar surface area (TPSA) is 162 Å². The molecule has 18 nitrogen and oxygen atoms in total. The largest absolute Gasteiger partial charge is 0.493 e. The number of alkyl halides is 3. The number of aryl methyl sites for hydroxylation is 7. The molecular weight excluding hydrogens is 825 g/mol. The second-order valence-corrected chi connectivity index (χ2v) is 11.2. The van der Waals surface area contributed by atoms with Gasteiger partial charge in [0.1, 0.15) is 11.4 Å². The van der Waals surface area contributed by atoms with E-state index >= 15 is 0 Å². The van der Waals surface area contributed by atoms with E-state index in [9.17, 15) is 13.2 Å². The highest BCUT2D eigenvalue weighted by Crippen LogP contribution is 2.30. The standard InChI is InChI=1S/C6H7F3N2O.2C6H10N2O.C5H7ClN2O.2C5H8N2O.6CH4/c1-11-4(6(7,8)9)3-5(10-11)12-2;1-5-6(9-3)4-8(2)7-5;1-5-6(9-3)4-7-8(5)2;1-8-3-4(9-2)5(6)7-8;1-7-4-5(8-2)3-6-7;1-7-4-3-5(6-7)8-2;;;;;;/h3H,1-2H3;2*4H,1-3H3;3H,1-2H3;2*3-4H,1-2H3;6*1H4. The van der Waals surface area contributed by atoms with Crippen molar-refractivity contribution in [1.82, 2.24) is 58.7 Å². The first-order valence-electron chi connectivity index (χ1n) is 15.8. The van der Waals surface area contributed by atoms with Crippen molar-refractivity contribution in [1.29, 1.82) is 0 Å². The van der Waals surface area contributed by atoms with Crippen molar-refractivity contribution in [3.05, 3.63) is 71.5 Å². The summed E-state index contributed by atoms with van der Waals surface area (Å²) in [5, 5.41) is 23.6. The zero-order valence-electron chi connectivity index (χ0n) is 33.4. The Morgan fingerprint density at radius 1 is 0.541 bits per heavy atom. The Kier molecular flexibility index (Phi) is 36.1. The molecule has 0 fully saturated rings. The van der Waals surface area contributed by atoms with Crippen LogP contribution in [0.1, 0.15) is 61.6 Å². The van der Waals surface area contributed by atoms with Crippen LogP contribution in [0.4, 0.5) is 13.2 Å². The van der Waals surface area contributed by atoms with Crippen LogP contribution in [0.25, 0.3) is 0 Å². The maximum absolute atomic E-state index is 12.1. The van der Waals surface area contributed by atoms with Crippen LogP contribution >= 0.6 is 11.6 Å². The fourth-order valence-electron chi connectivity index (χ4n) is 3.85. The second-order valence-electron chi connectivity index (χ2n) is 10.8. The minimum absolute atomic E-state index is 0. The lowest BCUT2D eigenvalue weighted by Crippen LogP contribution is -2.11. The van der Waals surface area contributed by atoms with Gasteiger partial charge in [0.05, 0.1) is 79.3 Å². The van der Waals surface area contributed by atoms with Crippen molar-refractivity contribution in [3.8, 4) is 34.8 Å². The molecule has 0 unspecified atom stereocenters. The summed E-state index contributed by atoms with van der Waals surface area (Å²) in [6.07, 6.45) is 6.18. The molecule has 0 amide bonds. The Morgan fingerprint density at radius 2 is 1.07 bits per heavy atom. The van der Waals surface area contributed by atoms with Crippen molar-refractivity contribution >= 4 is 11.6 Å². The molecular formula is C39H74ClF3N12O6. The molecule has 6 aromatic heterocycles. The number of halogens is 4. The fraction of sp³-hybridized carbons (Fsp3) is 0.538. The van der Waals surface area contributed by atoms with Crippen LogP contribution in [0.15, 0.2) is 49.3 Å². The van der Waals surface area contributed by atoms with Gasteiger partial charge in [0, 0.05) is 60.6 Å². The third-order valence-electron chi connectivity index (χ3n) is 6.74. The van der Waals surface area contributed by atoms with Crippen molar-refractivity contribution in [2.45, 2.75) is 64.6 Å².